The minimum Gasteiger partial charge on any atom is -0.478 e. The molecule has 0 saturated heterocycles. The van der Waals surface area contributed by atoms with Crippen molar-refractivity contribution in [2.75, 3.05) is 0 Å². The number of aromatic carboxylic acids is 1. The molecule has 0 atom stereocenters. The van der Waals surface area contributed by atoms with Crippen molar-refractivity contribution in [3.05, 3.63) is 20.8 Å². The maximum Gasteiger partial charge on any atom is 0.338 e. The molecule has 0 spiro atoms. The molecule has 0 amide bonds. The molecular weight excluding hydrogens is 208 g/mol. The average Bonchev–Trinajstić information content (AvgIpc) is 2.63. The Morgan fingerprint density at radius 2 is 2.31 bits per heavy atom. The van der Waals surface area contributed by atoms with Gasteiger partial charge in [0.15, 0.2) is 0 Å². The molecule has 1 aliphatic carbocycles. The summed E-state index contributed by atoms with van der Waals surface area (Å²) in [5.74, 6) is -0.908. The highest BCUT2D eigenvalue weighted by atomic mass is 35.5. The second-order valence-electron chi connectivity index (χ2n) is 3.66. The van der Waals surface area contributed by atoms with Crippen LogP contribution in [0.2, 0.25) is 4.34 Å². The zero-order chi connectivity index (χ0) is 9.64. The van der Waals surface area contributed by atoms with E-state index in [-0.39, 0.29) is 5.41 Å². The molecule has 0 aromatic carbocycles. The van der Waals surface area contributed by atoms with Gasteiger partial charge in [0.25, 0.3) is 0 Å². The lowest BCUT2D eigenvalue weighted by molar-refractivity contribution is 0.0696. The molecule has 0 unspecified atom stereocenters. The Morgan fingerprint density at radius 3 is 2.77 bits per heavy atom. The third kappa shape index (κ3) is 1.36. The summed E-state index contributed by atoms with van der Waals surface area (Å²) in [5, 5.41) is 10.8. The van der Waals surface area contributed by atoms with Crippen molar-refractivity contribution in [1.29, 1.82) is 0 Å². The molecule has 2 nitrogen and oxygen atoms in total. The SMILES string of the molecule is CC1(c2csc(Cl)c2C(=O)O)CC1. The van der Waals surface area contributed by atoms with Crippen LogP contribution in [0.25, 0.3) is 0 Å². The van der Waals surface area contributed by atoms with Crippen molar-refractivity contribution in [3.8, 4) is 0 Å². The topological polar surface area (TPSA) is 37.3 Å². The molecule has 1 aromatic heterocycles. The number of thiophene rings is 1. The van der Waals surface area contributed by atoms with Crippen molar-refractivity contribution in [1.82, 2.24) is 0 Å². The fourth-order valence-electron chi connectivity index (χ4n) is 1.43. The zero-order valence-corrected chi connectivity index (χ0v) is 8.71. The van der Waals surface area contributed by atoms with Crippen molar-refractivity contribution >= 4 is 28.9 Å². The first-order valence-corrected chi connectivity index (χ1v) is 5.31. The minimum atomic E-state index is -0.908. The molecule has 1 aromatic rings. The van der Waals surface area contributed by atoms with Crippen LogP contribution in [-0.4, -0.2) is 11.1 Å². The number of hydrogen-bond donors (Lipinski definition) is 1. The van der Waals surface area contributed by atoms with Crippen LogP contribution in [0.15, 0.2) is 5.38 Å². The third-order valence-electron chi connectivity index (χ3n) is 2.61. The van der Waals surface area contributed by atoms with E-state index in [0.29, 0.717) is 9.90 Å². The fraction of sp³-hybridized carbons (Fsp3) is 0.444. The Morgan fingerprint density at radius 1 is 1.69 bits per heavy atom. The molecule has 2 rings (SSSR count). The van der Waals surface area contributed by atoms with Gasteiger partial charge in [-0.05, 0) is 29.2 Å². The van der Waals surface area contributed by atoms with Gasteiger partial charge in [0.1, 0.15) is 4.34 Å². The maximum atomic E-state index is 10.9. The van der Waals surface area contributed by atoms with Gasteiger partial charge in [0, 0.05) is 0 Å². The van der Waals surface area contributed by atoms with Crippen LogP contribution in [0.3, 0.4) is 0 Å². The second-order valence-corrected chi connectivity index (χ2v) is 5.15. The standard InChI is InChI=1S/C9H9ClO2S/c1-9(2-3-9)5-4-13-7(10)6(5)8(11)12/h4H,2-3H2,1H3,(H,11,12). The Bertz CT molecular complexity index is 366. The molecule has 1 heterocycles. The highest BCUT2D eigenvalue weighted by molar-refractivity contribution is 7.15. The molecule has 1 N–H and O–H groups in total. The summed E-state index contributed by atoms with van der Waals surface area (Å²) in [4.78, 5) is 10.9. The van der Waals surface area contributed by atoms with Gasteiger partial charge in [-0.1, -0.05) is 18.5 Å². The van der Waals surface area contributed by atoms with E-state index in [2.05, 4.69) is 6.92 Å². The fourth-order valence-corrected chi connectivity index (χ4v) is 2.69. The number of carboxylic acid groups (broad SMARTS) is 1. The van der Waals surface area contributed by atoms with Crippen LogP contribution in [0, 0.1) is 0 Å². The van der Waals surface area contributed by atoms with Gasteiger partial charge >= 0.3 is 5.97 Å². The Kier molecular flexibility index (Phi) is 1.89. The number of rotatable bonds is 2. The summed E-state index contributed by atoms with van der Waals surface area (Å²) in [6.45, 7) is 2.08. The van der Waals surface area contributed by atoms with Crippen LogP contribution in [0.4, 0.5) is 0 Å². The van der Waals surface area contributed by atoms with E-state index in [9.17, 15) is 4.79 Å². The second kappa shape index (κ2) is 2.72. The summed E-state index contributed by atoms with van der Waals surface area (Å²) < 4.78 is 0.399. The van der Waals surface area contributed by atoms with E-state index in [1.54, 1.807) is 0 Å². The van der Waals surface area contributed by atoms with Crippen LogP contribution in [0.5, 0.6) is 0 Å². The lowest BCUT2D eigenvalue weighted by Gasteiger charge is -2.06. The van der Waals surface area contributed by atoms with Gasteiger partial charge in [-0.3, -0.25) is 0 Å². The normalized spacial score (nSPS) is 18.6. The molecule has 1 saturated carbocycles. The summed E-state index contributed by atoms with van der Waals surface area (Å²) in [6, 6.07) is 0. The molecular formula is C9H9ClO2S. The predicted molar refractivity (Wildman–Crippen MR) is 52.9 cm³/mol. The van der Waals surface area contributed by atoms with Gasteiger partial charge in [0.05, 0.1) is 5.56 Å². The molecule has 1 aliphatic rings. The lowest BCUT2D eigenvalue weighted by Crippen LogP contribution is -2.06. The smallest absolute Gasteiger partial charge is 0.338 e. The van der Waals surface area contributed by atoms with Crippen LogP contribution in [-0.2, 0) is 5.41 Å². The number of carboxylic acids is 1. The van der Waals surface area contributed by atoms with Gasteiger partial charge in [0.2, 0.25) is 0 Å². The molecule has 0 bridgehead atoms. The molecule has 13 heavy (non-hydrogen) atoms. The van der Waals surface area contributed by atoms with Gasteiger partial charge in [-0.2, -0.15) is 0 Å². The maximum absolute atomic E-state index is 10.9. The largest absolute Gasteiger partial charge is 0.478 e. The third-order valence-corrected chi connectivity index (χ3v) is 3.83. The van der Waals surface area contributed by atoms with Crippen LogP contribution < -0.4 is 0 Å². The first-order chi connectivity index (χ1) is 6.04. The summed E-state index contributed by atoms with van der Waals surface area (Å²) >= 11 is 7.12. The highest BCUT2D eigenvalue weighted by Gasteiger charge is 2.43. The number of hydrogen-bond acceptors (Lipinski definition) is 2. The molecule has 4 heteroatoms. The Balaban J connectivity index is 2.52. The first-order valence-electron chi connectivity index (χ1n) is 4.05. The van der Waals surface area contributed by atoms with Gasteiger partial charge < -0.3 is 5.11 Å². The first kappa shape index (κ1) is 9.03. The van der Waals surface area contributed by atoms with E-state index < -0.39 is 5.97 Å². The zero-order valence-electron chi connectivity index (χ0n) is 7.13. The molecule has 1 fully saturated rings. The van der Waals surface area contributed by atoms with E-state index in [1.807, 2.05) is 5.38 Å². The summed E-state index contributed by atoms with van der Waals surface area (Å²) in [5.41, 5.74) is 1.30. The minimum absolute atomic E-state index is 0.0807. The van der Waals surface area contributed by atoms with Crippen molar-refractivity contribution in [2.45, 2.75) is 25.2 Å². The molecule has 70 valence electrons. The van der Waals surface area contributed by atoms with E-state index in [1.165, 1.54) is 11.3 Å². The Hall–Kier alpha value is -0.540. The summed E-state index contributed by atoms with van der Waals surface area (Å²) in [6.07, 6.45) is 2.14. The number of carbonyl (C=O) groups is 1. The van der Waals surface area contributed by atoms with E-state index >= 15 is 0 Å². The van der Waals surface area contributed by atoms with Crippen molar-refractivity contribution in [3.63, 3.8) is 0 Å². The molecule has 0 aliphatic heterocycles. The summed E-state index contributed by atoms with van der Waals surface area (Å²) in [7, 11) is 0. The molecule has 0 radical (unpaired) electrons. The number of halogens is 1. The van der Waals surface area contributed by atoms with Crippen molar-refractivity contribution < 1.29 is 9.90 Å². The lowest BCUT2D eigenvalue weighted by atomic mass is 9.98. The van der Waals surface area contributed by atoms with Crippen molar-refractivity contribution in [2.24, 2.45) is 0 Å². The van der Waals surface area contributed by atoms with E-state index in [0.717, 1.165) is 18.4 Å². The average molecular weight is 217 g/mol. The van der Waals surface area contributed by atoms with E-state index in [4.69, 9.17) is 16.7 Å². The predicted octanol–water partition coefficient (Wildman–Crippen LogP) is 3.15. The van der Waals surface area contributed by atoms with Gasteiger partial charge in [-0.25, -0.2) is 4.79 Å². The van der Waals surface area contributed by atoms with Crippen LogP contribution in [0.1, 0.15) is 35.7 Å². The Labute approximate surface area is 85.1 Å². The monoisotopic (exact) mass is 216 g/mol. The van der Waals surface area contributed by atoms with Crippen LogP contribution >= 0.6 is 22.9 Å². The highest BCUT2D eigenvalue weighted by Crippen LogP contribution is 2.51. The van der Waals surface area contributed by atoms with Gasteiger partial charge in [-0.15, -0.1) is 11.3 Å². The quantitative estimate of drug-likeness (QED) is 0.825.